The summed E-state index contributed by atoms with van der Waals surface area (Å²) in [6, 6.07) is 11.3. The average molecular weight is 314 g/mol. The number of nitrogens with zero attached hydrogens (tertiary/aromatic N) is 2. The first-order valence-corrected chi connectivity index (χ1v) is 7.26. The van der Waals surface area contributed by atoms with E-state index in [0.29, 0.717) is 18.1 Å². The standard InChI is InChI=1S/C16H18N4O3/c21-14(7-4-8-15(22)23)18-11-13-9-10-17-16(20-13)19-12-5-2-1-3-6-12/h1-3,5-6,9-10H,4,7-8,11H2,(H,18,21)(H,22,23)(H,17,19,20). The van der Waals surface area contributed by atoms with E-state index in [1.54, 1.807) is 12.3 Å². The van der Waals surface area contributed by atoms with Crippen LogP contribution in [-0.2, 0) is 16.1 Å². The van der Waals surface area contributed by atoms with Gasteiger partial charge in [-0.2, -0.15) is 0 Å². The molecule has 1 heterocycles. The van der Waals surface area contributed by atoms with E-state index in [1.165, 1.54) is 0 Å². The minimum Gasteiger partial charge on any atom is -0.481 e. The molecule has 0 atom stereocenters. The van der Waals surface area contributed by atoms with Gasteiger partial charge in [-0.25, -0.2) is 9.97 Å². The molecule has 120 valence electrons. The Morgan fingerprint density at radius 3 is 2.61 bits per heavy atom. The number of para-hydroxylation sites is 1. The highest BCUT2D eigenvalue weighted by atomic mass is 16.4. The van der Waals surface area contributed by atoms with Gasteiger partial charge in [-0.3, -0.25) is 9.59 Å². The number of rotatable bonds is 8. The first-order valence-electron chi connectivity index (χ1n) is 7.26. The molecule has 7 heteroatoms. The minimum absolute atomic E-state index is 0.00787. The van der Waals surface area contributed by atoms with Crippen molar-refractivity contribution in [3.63, 3.8) is 0 Å². The van der Waals surface area contributed by atoms with Crippen molar-refractivity contribution in [1.29, 1.82) is 0 Å². The van der Waals surface area contributed by atoms with Crippen LogP contribution in [0.3, 0.4) is 0 Å². The number of aliphatic carboxylic acids is 1. The van der Waals surface area contributed by atoms with Crippen LogP contribution in [0.1, 0.15) is 25.0 Å². The summed E-state index contributed by atoms with van der Waals surface area (Å²) in [4.78, 5) is 30.5. The smallest absolute Gasteiger partial charge is 0.303 e. The lowest BCUT2D eigenvalue weighted by atomic mass is 10.2. The average Bonchev–Trinajstić information content (AvgIpc) is 2.54. The van der Waals surface area contributed by atoms with Crippen LogP contribution < -0.4 is 10.6 Å². The predicted octanol–water partition coefficient (Wildman–Crippen LogP) is 2.09. The minimum atomic E-state index is -0.898. The van der Waals surface area contributed by atoms with Gasteiger partial charge in [0.1, 0.15) is 0 Å². The third-order valence-corrected chi connectivity index (χ3v) is 3.00. The summed E-state index contributed by atoms with van der Waals surface area (Å²) in [5, 5.41) is 14.3. The van der Waals surface area contributed by atoms with Crippen LogP contribution in [0.15, 0.2) is 42.6 Å². The van der Waals surface area contributed by atoms with Crippen LogP contribution in [0.5, 0.6) is 0 Å². The molecule has 23 heavy (non-hydrogen) atoms. The predicted molar refractivity (Wildman–Crippen MR) is 85.1 cm³/mol. The summed E-state index contributed by atoms with van der Waals surface area (Å²) >= 11 is 0. The zero-order valence-corrected chi connectivity index (χ0v) is 12.5. The van der Waals surface area contributed by atoms with Gasteiger partial charge in [-0.15, -0.1) is 0 Å². The number of hydrogen-bond donors (Lipinski definition) is 3. The molecule has 1 amide bonds. The van der Waals surface area contributed by atoms with Gasteiger partial charge >= 0.3 is 5.97 Å². The normalized spacial score (nSPS) is 10.1. The van der Waals surface area contributed by atoms with Gasteiger partial charge in [0.25, 0.3) is 0 Å². The van der Waals surface area contributed by atoms with Crippen LogP contribution in [0.25, 0.3) is 0 Å². The lowest BCUT2D eigenvalue weighted by Gasteiger charge is -2.07. The zero-order valence-electron chi connectivity index (χ0n) is 12.5. The summed E-state index contributed by atoms with van der Waals surface area (Å²) in [5.41, 5.74) is 1.55. The zero-order chi connectivity index (χ0) is 16.5. The van der Waals surface area contributed by atoms with Gasteiger partial charge in [0.05, 0.1) is 12.2 Å². The molecule has 0 saturated carbocycles. The Bertz CT molecular complexity index is 661. The van der Waals surface area contributed by atoms with E-state index in [2.05, 4.69) is 20.6 Å². The van der Waals surface area contributed by atoms with Crippen LogP contribution in [0, 0.1) is 0 Å². The van der Waals surface area contributed by atoms with Crippen molar-refractivity contribution in [2.45, 2.75) is 25.8 Å². The molecule has 0 bridgehead atoms. The second-order valence-electron chi connectivity index (χ2n) is 4.89. The highest BCUT2D eigenvalue weighted by molar-refractivity contribution is 5.76. The Balaban J connectivity index is 1.83. The van der Waals surface area contributed by atoms with Gasteiger partial charge < -0.3 is 15.7 Å². The van der Waals surface area contributed by atoms with Gasteiger partial charge in [-0.05, 0) is 24.6 Å². The molecule has 0 saturated heterocycles. The van der Waals surface area contributed by atoms with E-state index >= 15 is 0 Å². The number of anilines is 2. The molecule has 2 rings (SSSR count). The van der Waals surface area contributed by atoms with Crippen molar-refractivity contribution in [2.24, 2.45) is 0 Å². The maximum atomic E-state index is 11.6. The van der Waals surface area contributed by atoms with E-state index < -0.39 is 5.97 Å². The van der Waals surface area contributed by atoms with Crippen molar-refractivity contribution in [3.8, 4) is 0 Å². The molecule has 0 aliphatic rings. The maximum Gasteiger partial charge on any atom is 0.303 e. The molecular formula is C16H18N4O3. The Kier molecular flexibility index (Phi) is 6.05. The molecule has 0 unspecified atom stereocenters. The Labute approximate surface area is 133 Å². The number of aromatic nitrogens is 2. The molecule has 7 nitrogen and oxygen atoms in total. The fourth-order valence-corrected chi connectivity index (χ4v) is 1.88. The molecule has 2 aromatic rings. The fraction of sp³-hybridized carbons (Fsp3) is 0.250. The first-order chi connectivity index (χ1) is 11.1. The van der Waals surface area contributed by atoms with Gasteiger partial charge in [0.15, 0.2) is 0 Å². The molecule has 0 aliphatic heterocycles. The third kappa shape index (κ3) is 6.13. The molecule has 0 spiro atoms. The third-order valence-electron chi connectivity index (χ3n) is 3.00. The largest absolute Gasteiger partial charge is 0.481 e. The van der Waals surface area contributed by atoms with E-state index in [-0.39, 0.29) is 25.3 Å². The number of carboxylic acid groups (broad SMARTS) is 1. The van der Waals surface area contributed by atoms with E-state index in [4.69, 9.17) is 5.11 Å². The van der Waals surface area contributed by atoms with Gasteiger partial charge in [0, 0.05) is 24.7 Å². The lowest BCUT2D eigenvalue weighted by molar-refractivity contribution is -0.137. The summed E-state index contributed by atoms with van der Waals surface area (Å²) in [7, 11) is 0. The molecule has 0 radical (unpaired) electrons. The number of carboxylic acids is 1. The fourth-order valence-electron chi connectivity index (χ4n) is 1.88. The van der Waals surface area contributed by atoms with Crippen molar-refractivity contribution in [2.75, 3.05) is 5.32 Å². The van der Waals surface area contributed by atoms with Gasteiger partial charge in [0.2, 0.25) is 11.9 Å². The van der Waals surface area contributed by atoms with Crippen LogP contribution in [-0.4, -0.2) is 27.0 Å². The quantitative estimate of drug-likeness (QED) is 0.689. The number of carbonyl (C=O) groups excluding carboxylic acids is 1. The molecule has 1 aromatic carbocycles. The lowest BCUT2D eigenvalue weighted by Crippen LogP contribution is -2.23. The molecular weight excluding hydrogens is 296 g/mol. The monoisotopic (exact) mass is 314 g/mol. The molecule has 0 aliphatic carbocycles. The number of hydrogen-bond acceptors (Lipinski definition) is 5. The highest BCUT2D eigenvalue weighted by Gasteiger charge is 2.05. The van der Waals surface area contributed by atoms with Crippen LogP contribution >= 0.6 is 0 Å². The highest BCUT2D eigenvalue weighted by Crippen LogP contribution is 2.11. The van der Waals surface area contributed by atoms with E-state index in [9.17, 15) is 9.59 Å². The molecule has 1 aromatic heterocycles. The molecule has 0 fully saturated rings. The summed E-state index contributed by atoms with van der Waals surface area (Å²) < 4.78 is 0. The Morgan fingerprint density at radius 2 is 1.87 bits per heavy atom. The number of amides is 1. The number of carbonyl (C=O) groups is 2. The summed E-state index contributed by atoms with van der Waals surface area (Å²) in [5.74, 6) is -0.638. The first kappa shape index (κ1) is 16.4. The maximum absolute atomic E-state index is 11.6. The second-order valence-corrected chi connectivity index (χ2v) is 4.89. The van der Waals surface area contributed by atoms with Crippen LogP contribution in [0.2, 0.25) is 0 Å². The Hall–Kier alpha value is -2.96. The van der Waals surface area contributed by atoms with Crippen LogP contribution in [0.4, 0.5) is 11.6 Å². The number of benzene rings is 1. The van der Waals surface area contributed by atoms with E-state index in [1.807, 2.05) is 30.3 Å². The summed E-state index contributed by atoms with van der Waals surface area (Å²) in [6.07, 6.45) is 2.12. The van der Waals surface area contributed by atoms with Crippen molar-refractivity contribution >= 4 is 23.5 Å². The van der Waals surface area contributed by atoms with Crippen molar-refractivity contribution < 1.29 is 14.7 Å². The SMILES string of the molecule is O=C(O)CCCC(=O)NCc1ccnc(Nc2ccccc2)n1. The molecule has 3 N–H and O–H groups in total. The second kappa shape index (κ2) is 8.47. The van der Waals surface area contributed by atoms with Gasteiger partial charge in [-0.1, -0.05) is 18.2 Å². The van der Waals surface area contributed by atoms with Crippen molar-refractivity contribution in [1.82, 2.24) is 15.3 Å². The number of nitrogens with one attached hydrogen (secondary N) is 2. The van der Waals surface area contributed by atoms with Crippen molar-refractivity contribution in [3.05, 3.63) is 48.3 Å². The van der Waals surface area contributed by atoms with E-state index in [0.717, 1.165) is 5.69 Å². The summed E-state index contributed by atoms with van der Waals surface area (Å²) in [6.45, 7) is 0.276. The Morgan fingerprint density at radius 1 is 1.09 bits per heavy atom. The topological polar surface area (TPSA) is 104 Å².